The summed E-state index contributed by atoms with van der Waals surface area (Å²) in [4.78, 5) is 22.2. The van der Waals surface area contributed by atoms with Gasteiger partial charge in [0, 0.05) is 11.9 Å². The van der Waals surface area contributed by atoms with E-state index in [0.717, 1.165) is 24.3 Å². The Morgan fingerprint density at radius 3 is 3.14 bits per heavy atom. The van der Waals surface area contributed by atoms with Crippen molar-refractivity contribution in [1.82, 2.24) is 14.9 Å². The highest BCUT2D eigenvalue weighted by molar-refractivity contribution is 6.01. The Labute approximate surface area is 127 Å². The van der Waals surface area contributed by atoms with Crippen LogP contribution in [-0.4, -0.2) is 28.0 Å². The highest BCUT2D eigenvalue weighted by Gasteiger charge is 2.18. The maximum Gasteiger partial charge on any atom is 0.294 e. The summed E-state index contributed by atoms with van der Waals surface area (Å²) in [6.45, 7) is 5.09. The summed E-state index contributed by atoms with van der Waals surface area (Å²) in [6.07, 6.45) is 2.49. The van der Waals surface area contributed by atoms with Crippen molar-refractivity contribution in [1.29, 1.82) is 0 Å². The molecule has 3 aromatic rings. The van der Waals surface area contributed by atoms with E-state index < -0.39 is 0 Å². The van der Waals surface area contributed by atoms with Gasteiger partial charge in [-0.05, 0) is 37.4 Å². The van der Waals surface area contributed by atoms with Crippen LogP contribution < -0.4 is 5.56 Å². The minimum absolute atomic E-state index is 0.193. The lowest BCUT2D eigenvalue weighted by atomic mass is 10.0. The Hall–Kier alpha value is -2.14. The fourth-order valence-electron chi connectivity index (χ4n) is 3.36. The average Bonchev–Trinajstić information content (AvgIpc) is 2.87. The second kappa shape index (κ2) is 5.25. The van der Waals surface area contributed by atoms with E-state index in [1.165, 1.54) is 12.8 Å². The van der Waals surface area contributed by atoms with Crippen molar-refractivity contribution in [3.05, 3.63) is 40.4 Å². The molecule has 0 bridgehead atoms. The summed E-state index contributed by atoms with van der Waals surface area (Å²) < 4.78 is 5.63. The Kier molecular flexibility index (Phi) is 3.22. The SMILES string of the molecule is C[C@@H]1CCCN(Cc2nc3c(oc4ccccc43)c(=O)[nH]2)C1. The number of aromatic nitrogens is 2. The third-order valence-corrected chi connectivity index (χ3v) is 4.39. The number of likely N-dealkylation sites (tertiary alicyclic amines) is 1. The molecule has 1 saturated heterocycles. The summed E-state index contributed by atoms with van der Waals surface area (Å²) in [6, 6.07) is 7.64. The number of nitrogens with zero attached hydrogens (tertiary/aromatic N) is 2. The quantitative estimate of drug-likeness (QED) is 0.790. The van der Waals surface area contributed by atoms with Crippen LogP contribution in [0.2, 0.25) is 0 Å². The lowest BCUT2D eigenvalue weighted by Gasteiger charge is -2.30. The van der Waals surface area contributed by atoms with Crippen molar-refractivity contribution < 1.29 is 4.42 Å². The van der Waals surface area contributed by atoms with Gasteiger partial charge in [0.25, 0.3) is 5.56 Å². The van der Waals surface area contributed by atoms with Gasteiger partial charge < -0.3 is 9.40 Å². The predicted octanol–water partition coefficient (Wildman–Crippen LogP) is 2.90. The lowest BCUT2D eigenvalue weighted by Crippen LogP contribution is -2.34. The number of aromatic amines is 1. The molecular weight excluding hydrogens is 278 g/mol. The molecule has 0 saturated carbocycles. The van der Waals surface area contributed by atoms with E-state index in [1.54, 1.807) is 0 Å². The van der Waals surface area contributed by atoms with Crippen LogP contribution in [0.25, 0.3) is 22.1 Å². The molecule has 0 unspecified atom stereocenters. The minimum atomic E-state index is -0.193. The normalized spacial score (nSPS) is 20.0. The van der Waals surface area contributed by atoms with E-state index in [0.29, 0.717) is 29.1 Å². The first-order chi connectivity index (χ1) is 10.7. The number of nitrogens with one attached hydrogen (secondary N) is 1. The second-order valence-electron chi connectivity index (χ2n) is 6.27. The standard InChI is InChI=1S/C17H19N3O2/c1-11-5-4-8-20(9-11)10-14-18-15-12-6-2-3-7-13(12)22-16(15)17(21)19-14/h2-3,6-7,11H,4-5,8-10H2,1H3,(H,18,19,21)/t11-/m1/s1. The van der Waals surface area contributed by atoms with Crippen molar-refractivity contribution in [2.75, 3.05) is 13.1 Å². The summed E-state index contributed by atoms with van der Waals surface area (Å²) in [7, 11) is 0. The van der Waals surface area contributed by atoms with Gasteiger partial charge >= 0.3 is 0 Å². The highest BCUT2D eigenvalue weighted by Crippen LogP contribution is 2.24. The fourth-order valence-corrected chi connectivity index (χ4v) is 3.36. The molecule has 0 spiro atoms. The first-order valence-electron chi connectivity index (χ1n) is 7.83. The molecule has 5 nitrogen and oxygen atoms in total. The van der Waals surface area contributed by atoms with Crippen molar-refractivity contribution in [2.24, 2.45) is 5.92 Å². The van der Waals surface area contributed by atoms with Crippen molar-refractivity contribution in [2.45, 2.75) is 26.3 Å². The number of piperidine rings is 1. The molecule has 0 amide bonds. The van der Waals surface area contributed by atoms with Crippen LogP contribution in [-0.2, 0) is 6.54 Å². The van der Waals surface area contributed by atoms with Gasteiger partial charge in [-0.1, -0.05) is 19.1 Å². The maximum atomic E-state index is 12.3. The first-order valence-corrected chi connectivity index (χ1v) is 7.83. The average molecular weight is 297 g/mol. The smallest absolute Gasteiger partial charge is 0.294 e. The van der Waals surface area contributed by atoms with Gasteiger partial charge in [0.05, 0.1) is 6.54 Å². The highest BCUT2D eigenvalue weighted by atomic mass is 16.3. The molecule has 1 aliphatic rings. The zero-order chi connectivity index (χ0) is 15.1. The molecule has 1 atom stereocenters. The minimum Gasteiger partial charge on any atom is -0.449 e. The van der Waals surface area contributed by atoms with Crippen LogP contribution in [0.3, 0.4) is 0 Å². The molecule has 0 aliphatic carbocycles. The molecule has 0 radical (unpaired) electrons. The third kappa shape index (κ3) is 2.31. The van der Waals surface area contributed by atoms with Gasteiger partial charge in [0.2, 0.25) is 5.58 Å². The van der Waals surface area contributed by atoms with E-state index in [1.807, 2.05) is 24.3 Å². The molecule has 1 N–H and O–H groups in total. The Balaban J connectivity index is 1.75. The van der Waals surface area contributed by atoms with Gasteiger partial charge in [0.15, 0.2) is 0 Å². The molecule has 22 heavy (non-hydrogen) atoms. The fraction of sp³-hybridized carbons (Fsp3) is 0.412. The van der Waals surface area contributed by atoms with Crippen molar-refractivity contribution in [3.63, 3.8) is 0 Å². The summed E-state index contributed by atoms with van der Waals surface area (Å²) in [5.41, 5.74) is 1.50. The van der Waals surface area contributed by atoms with Crippen LogP contribution in [0.5, 0.6) is 0 Å². The summed E-state index contributed by atoms with van der Waals surface area (Å²) in [5, 5.41) is 0.900. The number of hydrogen-bond acceptors (Lipinski definition) is 4. The molecule has 1 fully saturated rings. The number of furan rings is 1. The topological polar surface area (TPSA) is 62.1 Å². The van der Waals surface area contributed by atoms with Gasteiger partial charge in [-0.3, -0.25) is 9.69 Å². The molecule has 1 aliphatic heterocycles. The Morgan fingerprint density at radius 2 is 2.27 bits per heavy atom. The van der Waals surface area contributed by atoms with Crippen LogP contribution in [0.1, 0.15) is 25.6 Å². The first kappa shape index (κ1) is 13.5. The number of H-pyrrole nitrogens is 1. The van der Waals surface area contributed by atoms with Crippen LogP contribution >= 0.6 is 0 Å². The Bertz CT molecular complexity index is 880. The van der Waals surface area contributed by atoms with E-state index in [-0.39, 0.29) is 5.56 Å². The lowest BCUT2D eigenvalue weighted by molar-refractivity contribution is 0.173. The number of benzene rings is 1. The van der Waals surface area contributed by atoms with Crippen LogP contribution in [0.15, 0.2) is 33.5 Å². The molecule has 2 aromatic heterocycles. The summed E-state index contributed by atoms with van der Waals surface area (Å²) >= 11 is 0. The molecule has 4 rings (SSSR count). The molecular formula is C17H19N3O2. The number of hydrogen-bond donors (Lipinski definition) is 1. The second-order valence-corrected chi connectivity index (χ2v) is 6.27. The van der Waals surface area contributed by atoms with Crippen molar-refractivity contribution >= 4 is 22.1 Å². The van der Waals surface area contributed by atoms with Gasteiger partial charge in [-0.15, -0.1) is 0 Å². The van der Waals surface area contributed by atoms with E-state index in [4.69, 9.17) is 4.42 Å². The zero-order valence-corrected chi connectivity index (χ0v) is 12.6. The maximum absolute atomic E-state index is 12.3. The number of rotatable bonds is 2. The Morgan fingerprint density at radius 1 is 1.41 bits per heavy atom. The molecule has 1 aromatic carbocycles. The predicted molar refractivity (Wildman–Crippen MR) is 85.8 cm³/mol. The number of fused-ring (bicyclic) bond motifs is 3. The van der Waals surface area contributed by atoms with Crippen molar-refractivity contribution in [3.8, 4) is 0 Å². The molecule has 5 heteroatoms. The largest absolute Gasteiger partial charge is 0.449 e. The van der Waals surface area contributed by atoms with E-state index >= 15 is 0 Å². The van der Waals surface area contributed by atoms with Gasteiger partial charge in [0.1, 0.15) is 16.9 Å². The number of para-hydroxylation sites is 1. The third-order valence-electron chi connectivity index (χ3n) is 4.39. The molecule has 3 heterocycles. The van der Waals surface area contributed by atoms with E-state index in [2.05, 4.69) is 21.8 Å². The van der Waals surface area contributed by atoms with Gasteiger partial charge in [-0.25, -0.2) is 4.98 Å². The summed E-state index contributed by atoms with van der Waals surface area (Å²) in [5.74, 6) is 1.43. The van der Waals surface area contributed by atoms with Crippen LogP contribution in [0, 0.1) is 5.92 Å². The van der Waals surface area contributed by atoms with Gasteiger partial charge in [-0.2, -0.15) is 0 Å². The zero-order valence-electron chi connectivity index (χ0n) is 12.6. The van der Waals surface area contributed by atoms with Crippen LogP contribution in [0.4, 0.5) is 0 Å². The van der Waals surface area contributed by atoms with E-state index in [9.17, 15) is 4.79 Å². The monoisotopic (exact) mass is 297 g/mol. The molecule has 114 valence electrons.